The van der Waals surface area contributed by atoms with E-state index in [1.807, 2.05) is 4.90 Å². The van der Waals surface area contributed by atoms with Gasteiger partial charge >= 0.3 is 5.82 Å². The summed E-state index contributed by atoms with van der Waals surface area (Å²) in [5, 5.41) is 10.9. The van der Waals surface area contributed by atoms with Crippen LogP contribution in [0.3, 0.4) is 0 Å². The number of rotatable bonds is 2. The van der Waals surface area contributed by atoms with Crippen LogP contribution in [-0.2, 0) is 11.8 Å². The second-order valence-electron chi connectivity index (χ2n) is 4.15. The molecule has 2 heterocycles. The summed E-state index contributed by atoms with van der Waals surface area (Å²) in [5.74, 6) is 1.19. The fourth-order valence-corrected chi connectivity index (χ4v) is 2.03. The number of aryl methyl sites for hydroxylation is 1. The number of nitrogens with zero attached hydrogens (tertiary/aromatic N) is 4. The molecular weight excluding hydrogens is 224 g/mol. The van der Waals surface area contributed by atoms with E-state index in [0.717, 1.165) is 0 Å². The Morgan fingerprint density at radius 1 is 1.35 bits per heavy atom. The third kappa shape index (κ3) is 2.00. The van der Waals surface area contributed by atoms with Crippen molar-refractivity contribution in [1.29, 1.82) is 0 Å². The molecule has 1 aromatic heterocycles. The summed E-state index contributed by atoms with van der Waals surface area (Å²) >= 11 is 0. The van der Waals surface area contributed by atoms with Gasteiger partial charge in [0.05, 0.1) is 0 Å². The number of ketones is 1. The van der Waals surface area contributed by atoms with E-state index in [0.29, 0.717) is 37.6 Å². The lowest BCUT2D eigenvalue weighted by atomic mass is 10.1. The van der Waals surface area contributed by atoms with Crippen LogP contribution in [0.25, 0.3) is 0 Å². The predicted octanol–water partition coefficient (Wildman–Crippen LogP) is 0.806. The van der Waals surface area contributed by atoms with E-state index >= 15 is 0 Å². The van der Waals surface area contributed by atoms with Crippen LogP contribution in [0.15, 0.2) is 0 Å². The van der Waals surface area contributed by atoms with Gasteiger partial charge in [0.25, 0.3) is 0 Å². The molecule has 1 aliphatic rings. The van der Waals surface area contributed by atoms with Crippen molar-refractivity contribution in [2.75, 3.05) is 18.0 Å². The van der Waals surface area contributed by atoms with Crippen LogP contribution < -0.4 is 4.90 Å². The maximum Gasteiger partial charge on any atom is 0.406 e. The molecule has 0 spiro atoms. The number of Topliss-reactive ketones (excluding diaryl/α,β-unsaturated/α-hetero) is 1. The molecule has 1 aliphatic heterocycles. The van der Waals surface area contributed by atoms with Gasteiger partial charge in [0, 0.05) is 39.9 Å². The number of imidazole rings is 1. The lowest BCUT2D eigenvalue weighted by Gasteiger charge is -2.27. The van der Waals surface area contributed by atoms with Crippen molar-refractivity contribution in [2.24, 2.45) is 7.05 Å². The molecule has 1 aromatic rings. The normalized spacial score (nSPS) is 16.4. The molecule has 0 amide bonds. The van der Waals surface area contributed by atoms with Crippen LogP contribution in [0.2, 0.25) is 0 Å². The third-order valence-electron chi connectivity index (χ3n) is 3.06. The minimum absolute atomic E-state index is 0.126. The van der Waals surface area contributed by atoms with Crippen molar-refractivity contribution in [2.45, 2.75) is 19.8 Å². The molecular formula is C10H14N4O3. The highest BCUT2D eigenvalue weighted by molar-refractivity contribution is 5.81. The van der Waals surface area contributed by atoms with Gasteiger partial charge in [-0.15, -0.1) is 0 Å². The summed E-state index contributed by atoms with van der Waals surface area (Å²) in [4.78, 5) is 27.4. The van der Waals surface area contributed by atoms with Crippen molar-refractivity contribution in [3.63, 3.8) is 0 Å². The van der Waals surface area contributed by atoms with Crippen LogP contribution in [0.1, 0.15) is 18.7 Å². The first kappa shape index (κ1) is 11.6. The lowest BCUT2D eigenvalue weighted by Crippen LogP contribution is -2.35. The van der Waals surface area contributed by atoms with Gasteiger partial charge in [-0.3, -0.25) is 9.36 Å². The lowest BCUT2D eigenvalue weighted by molar-refractivity contribution is -0.388. The fraction of sp³-hybridized carbons (Fsp3) is 0.600. The summed E-state index contributed by atoms with van der Waals surface area (Å²) in [6.45, 7) is 2.78. The van der Waals surface area contributed by atoms with E-state index in [4.69, 9.17) is 0 Å². The van der Waals surface area contributed by atoms with Crippen LogP contribution in [-0.4, -0.2) is 33.3 Å². The van der Waals surface area contributed by atoms with Gasteiger partial charge in [0.2, 0.25) is 11.6 Å². The molecule has 0 aromatic carbocycles. The zero-order chi connectivity index (χ0) is 12.6. The molecule has 0 bridgehead atoms. The Balaban J connectivity index is 2.37. The van der Waals surface area contributed by atoms with Gasteiger partial charge < -0.3 is 15.0 Å². The maximum atomic E-state index is 11.2. The number of anilines is 1. The van der Waals surface area contributed by atoms with Crippen LogP contribution in [0, 0.1) is 17.0 Å². The van der Waals surface area contributed by atoms with Gasteiger partial charge in [-0.2, -0.15) is 0 Å². The Kier molecular flexibility index (Phi) is 2.83. The highest BCUT2D eigenvalue weighted by Gasteiger charge is 2.30. The molecule has 1 saturated heterocycles. The van der Waals surface area contributed by atoms with Crippen molar-refractivity contribution in [3.05, 3.63) is 15.9 Å². The minimum Gasteiger partial charge on any atom is -0.358 e. The number of hydrogen-bond acceptors (Lipinski definition) is 5. The second-order valence-corrected chi connectivity index (χ2v) is 4.15. The average Bonchev–Trinajstić information content (AvgIpc) is 2.57. The molecule has 1 fully saturated rings. The Hall–Kier alpha value is -1.92. The number of aromatic nitrogens is 2. The van der Waals surface area contributed by atoms with E-state index in [1.54, 1.807) is 18.5 Å². The van der Waals surface area contributed by atoms with E-state index in [2.05, 4.69) is 4.98 Å². The van der Waals surface area contributed by atoms with Crippen LogP contribution in [0.4, 0.5) is 11.6 Å². The van der Waals surface area contributed by atoms with Crippen molar-refractivity contribution < 1.29 is 9.72 Å². The first-order chi connectivity index (χ1) is 8.00. The van der Waals surface area contributed by atoms with Gasteiger partial charge in [-0.05, 0) is 9.91 Å². The highest BCUT2D eigenvalue weighted by atomic mass is 16.6. The van der Waals surface area contributed by atoms with Crippen LogP contribution >= 0.6 is 0 Å². The SMILES string of the molecule is Cc1nc([N+](=O)[O-])c(N2CCC(=O)CC2)n1C. The fourth-order valence-electron chi connectivity index (χ4n) is 2.03. The number of hydrogen-bond donors (Lipinski definition) is 0. The molecule has 0 N–H and O–H groups in total. The largest absolute Gasteiger partial charge is 0.406 e. The Morgan fingerprint density at radius 3 is 2.47 bits per heavy atom. The Morgan fingerprint density at radius 2 is 1.94 bits per heavy atom. The Labute approximate surface area is 98.2 Å². The monoisotopic (exact) mass is 238 g/mol. The predicted molar refractivity (Wildman–Crippen MR) is 61.1 cm³/mol. The molecule has 0 aliphatic carbocycles. The number of piperidine rings is 1. The summed E-state index contributed by atoms with van der Waals surface area (Å²) in [6.07, 6.45) is 0.892. The third-order valence-corrected chi connectivity index (χ3v) is 3.06. The first-order valence-electron chi connectivity index (χ1n) is 5.45. The molecule has 92 valence electrons. The molecule has 7 nitrogen and oxygen atoms in total. The molecule has 2 rings (SSSR count). The number of carbonyl (C=O) groups excluding carboxylic acids is 1. The molecule has 0 radical (unpaired) electrons. The van der Waals surface area contributed by atoms with Crippen molar-refractivity contribution in [3.8, 4) is 0 Å². The topological polar surface area (TPSA) is 81.3 Å². The summed E-state index contributed by atoms with van der Waals surface area (Å²) in [6, 6.07) is 0. The maximum absolute atomic E-state index is 11.2. The highest BCUT2D eigenvalue weighted by Crippen LogP contribution is 2.29. The quantitative estimate of drug-likeness (QED) is 0.562. The molecule has 7 heteroatoms. The molecule has 0 saturated carbocycles. The second kappa shape index (κ2) is 4.15. The van der Waals surface area contributed by atoms with E-state index in [1.165, 1.54) is 0 Å². The Bertz CT molecular complexity index is 470. The van der Waals surface area contributed by atoms with Gasteiger partial charge in [0.1, 0.15) is 5.78 Å². The first-order valence-corrected chi connectivity index (χ1v) is 5.45. The summed E-state index contributed by atoms with van der Waals surface area (Å²) in [5.41, 5.74) is 0. The van der Waals surface area contributed by atoms with Gasteiger partial charge in [-0.25, -0.2) is 0 Å². The van der Waals surface area contributed by atoms with Gasteiger partial charge in [0.15, 0.2) is 0 Å². The number of nitro groups is 1. The standard InChI is InChI=1S/C10H14N4O3/c1-7-11-9(14(16)17)10(12(7)2)13-5-3-8(15)4-6-13/h3-6H2,1-2H3. The smallest absolute Gasteiger partial charge is 0.358 e. The van der Waals surface area contributed by atoms with E-state index in [-0.39, 0.29) is 11.6 Å². The van der Waals surface area contributed by atoms with E-state index < -0.39 is 4.92 Å². The number of carbonyl (C=O) groups is 1. The average molecular weight is 238 g/mol. The molecule has 0 unspecified atom stereocenters. The van der Waals surface area contributed by atoms with E-state index in [9.17, 15) is 14.9 Å². The molecule has 0 atom stereocenters. The van der Waals surface area contributed by atoms with Crippen molar-refractivity contribution in [1.82, 2.24) is 9.55 Å². The summed E-state index contributed by atoms with van der Waals surface area (Å²) < 4.78 is 1.70. The molecule has 17 heavy (non-hydrogen) atoms. The zero-order valence-electron chi connectivity index (χ0n) is 9.84. The zero-order valence-corrected chi connectivity index (χ0v) is 9.84. The summed E-state index contributed by atoms with van der Waals surface area (Å²) in [7, 11) is 1.75. The van der Waals surface area contributed by atoms with Crippen LogP contribution in [0.5, 0.6) is 0 Å². The van der Waals surface area contributed by atoms with Gasteiger partial charge in [-0.1, -0.05) is 0 Å². The minimum atomic E-state index is -0.473. The van der Waals surface area contributed by atoms with Crippen molar-refractivity contribution >= 4 is 17.4 Å².